The molecule has 38 heavy (non-hydrogen) atoms. The van der Waals surface area contributed by atoms with E-state index in [9.17, 15) is 21.6 Å². The summed E-state index contributed by atoms with van der Waals surface area (Å²) in [5, 5.41) is 0. The van der Waals surface area contributed by atoms with Crippen molar-refractivity contribution < 1.29 is 31.1 Å². The molecule has 1 aliphatic heterocycles. The molecule has 0 radical (unpaired) electrons. The van der Waals surface area contributed by atoms with E-state index >= 15 is 0 Å². The Morgan fingerprint density at radius 3 is 2.16 bits per heavy atom. The van der Waals surface area contributed by atoms with Crippen LogP contribution in [-0.4, -0.2) is 68.5 Å². The molecule has 1 amide bonds. The third kappa shape index (κ3) is 5.06. The minimum absolute atomic E-state index is 0.0305. The molecule has 0 aromatic heterocycles. The Bertz CT molecular complexity index is 1560. The van der Waals surface area contributed by atoms with Crippen LogP contribution in [0, 0.1) is 0 Å². The van der Waals surface area contributed by atoms with Crippen LogP contribution in [0.3, 0.4) is 0 Å². The molecule has 4 rings (SSSR count). The van der Waals surface area contributed by atoms with Crippen molar-refractivity contribution in [2.24, 2.45) is 0 Å². The molecular weight excluding hydrogens is 530 g/mol. The lowest BCUT2D eigenvalue weighted by Crippen LogP contribution is -2.42. The van der Waals surface area contributed by atoms with Crippen LogP contribution in [0.25, 0.3) is 0 Å². The summed E-state index contributed by atoms with van der Waals surface area (Å²) in [6.45, 7) is -0.186. The van der Waals surface area contributed by atoms with Gasteiger partial charge in [-0.05, 0) is 54.4 Å². The predicted molar refractivity (Wildman–Crippen MR) is 144 cm³/mol. The van der Waals surface area contributed by atoms with E-state index in [2.05, 4.69) is 0 Å². The quantitative estimate of drug-likeness (QED) is 0.396. The molecule has 0 spiro atoms. The van der Waals surface area contributed by atoms with Gasteiger partial charge in [0.1, 0.15) is 6.54 Å². The van der Waals surface area contributed by atoms with Gasteiger partial charge in [0.15, 0.2) is 11.5 Å². The van der Waals surface area contributed by atoms with Crippen LogP contribution in [0.4, 0.5) is 11.4 Å². The van der Waals surface area contributed by atoms with Gasteiger partial charge in [-0.15, -0.1) is 0 Å². The van der Waals surface area contributed by atoms with Crippen LogP contribution in [0.15, 0.2) is 76.5 Å². The molecule has 0 N–H and O–H groups in total. The lowest BCUT2D eigenvalue weighted by atomic mass is 10.2. The molecular formula is C26H29N3O7S2. The highest BCUT2D eigenvalue weighted by molar-refractivity contribution is 7.92. The number of fused-ring (bicyclic) bond motifs is 1. The summed E-state index contributed by atoms with van der Waals surface area (Å²) in [6, 6.07) is 17.1. The molecule has 10 nitrogen and oxygen atoms in total. The van der Waals surface area contributed by atoms with Crippen LogP contribution in [0.1, 0.15) is 5.56 Å². The van der Waals surface area contributed by atoms with E-state index in [0.29, 0.717) is 35.7 Å². The van der Waals surface area contributed by atoms with Gasteiger partial charge in [-0.1, -0.05) is 18.2 Å². The van der Waals surface area contributed by atoms with Gasteiger partial charge in [0.2, 0.25) is 15.9 Å². The molecule has 0 fully saturated rings. The SMILES string of the molecule is COc1ccc(N(CC(=O)N2CCc3cc(S(=O)(=O)N(C)C)ccc32)S(=O)(=O)c2ccccc2)cc1OC. The van der Waals surface area contributed by atoms with Crippen LogP contribution in [0.2, 0.25) is 0 Å². The minimum atomic E-state index is -4.13. The fourth-order valence-electron chi connectivity index (χ4n) is 4.23. The highest BCUT2D eigenvalue weighted by atomic mass is 32.2. The Kier molecular flexibility index (Phi) is 7.68. The molecule has 0 bridgehead atoms. The van der Waals surface area contributed by atoms with Crippen molar-refractivity contribution in [1.29, 1.82) is 0 Å². The Hall–Kier alpha value is -3.61. The maximum Gasteiger partial charge on any atom is 0.264 e. The highest BCUT2D eigenvalue weighted by Gasteiger charge is 2.33. The first-order valence-electron chi connectivity index (χ1n) is 11.7. The van der Waals surface area contributed by atoms with Crippen LogP contribution in [-0.2, 0) is 31.3 Å². The number of nitrogens with zero attached hydrogens (tertiary/aromatic N) is 3. The van der Waals surface area contributed by atoms with Crippen molar-refractivity contribution in [2.75, 3.05) is 50.6 Å². The highest BCUT2D eigenvalue weighted by Crippen LogP contribution is 2.35. The molecule has 3 aromatic carbocycles. The Balaban J connectivity index is 1.71. The summed E-state index contributed by atoms with van der Waals surface area (Å²) in [5.74, 6) is 0.268. The van der Waals surface area contributed by atoms with Crippen molar-refractivity contribution in [3.05, 3.63) is 72.3 Å². The summed E-state index contributed by atoms with van der Waals surface area (Å²) in [7, 11) is -1.95. The first-order chi connectivity index (χ1) is 18.0. The molecule has 0 aliphatic carbocycles. The van der Waals surface area contributed by atoms with Crippen LogP contribution < -0.4 is 18.7 Å². The smallest absolute Gasteiger partial charge is 0.264 e. The monoisotopic (exact) mass is 559 g/mol. The number of anilines is 2. The van der Waals surface area contributed by atoms with Crippen molar-refractivity contribution >= 4 is 37.3 Å². The van der Waals surface area contributed by atoms with Gasteiger partial charge < -0.3 is 14.4 Å². The zero-order chi connectivity index (χ0) is 27.7. The average molecular weight is 560 g/mol. The van der Waals surface area contributed by atoms with Gasteiger partial charge in [0, 0.05) is 32.4 Å². The normalized spacial score (nSPS) is 13.3. The Morgan fingerprint density at radius 2 is 1.53 bits per heavy atom. The lowest BCUT2D eigenvalue weighted by molar-refractivity contribution is -0.117. The van der Waals surface area contributed by atoms with Gasteiger partial charge in [-0.25, -0.2) is 21.1 Å². The first kappa shape index (κ1) is 27.4. The van der Waals surface area contributed by atoms with Gasteiger partial charge in [0.05, 0.1) is 29.7 Å². The number of benzene rings is 3. The summed E-state index contributed by atoms with van der Waals surface area (Å²) in [6.07, 6.45) is 0.444. The lowest BCUT2D eigenvalue weighted by Gasteiger charge is -2.27. The number of sulfonamides is 2. The molecule has 0 saturated heterocycles. The van der Waals surface area contributed by atoms with E-state index in [1.54, 1.807) is 42.5 Å². The van der Waals surface area contributed by atoms with Gasteiger partial charge >= 0.3 is 0 Å². The van der Waals surface area contributed by atoms with Gasteiger partial charge in [-0.2, -0.15) is 0 Å². The fraction of sp³-hybridized carbons (Fsp3) is 0.269. The molecule has 0 unspecified atom stereocenters. The molecule has 12 heteroatoms. The third-order valence-corrected chi connectivity index (χ3v) is 9.89. The number of amides is 1. The zero-order valence-electron chi connectivity index (χ0n) is 21.5. The van der Waals surface area contributed by atoms with Crippen LogP contribution in [0.5, 0.6) is 11.5 Å². The number of methoxy groups -OCH3 is 2. The van der Waals surface area contributed by atoms with E-state index in [1.165, 1.54) is 57.5 Å². The molecule has 0 atom stereocenters. The first-order valence-corrected chi connectivity index (χ1v) is 14.5. The Labute approximate surface area is 223 Å². The molecule has 202 valence electrons. The third-order valence-electron chi connectivity index (χ3n) is 6.29. The van der Waals surface area contributed by atoms with Crippen LogP contribution >= 0.6 is 0 Å². The van der Waals surface area contributed by atoms with E-state index in [4.69, 9.17) is 9.47 Å². The van der Waals surface area contributed by atoms with E-state index in [1.807, 2.05) is 0 Å². The minimum Gasteiger partial charge on any atom is -0.493 e. The average Bonchev–Trinajstić information content (AvgIpc) is 3.35. The summed E-state index contributed by atoms with van der Waals surface area (Å²) in [5.41, 5.74) is 1.48. The number of carbonyl (C=O) groups excluding carboxylic acids is 1. The number of hydrogen-bond donors (Lipinski definition) is 0. The number of carbonyl (C=O) groups is 1. The number of hydrogen-bond acceptors (Lipinski definition) is 7. The van der Waals surface area contributed by atoms with Gasteiger partial charge in [-0.3, -0.25) is 9.10 Å². The zero-order valence-corrected chi connectivity index (χ0v) is 23.1. The topological polar surface area (TPSA) is 114 Å². The van der Waals surface area contributed by atoms with E-state index in [-0.39, 0.29) is 15.5 Å². The second kappa shape index (κ2) is 10.6. The van der Waals surface area contributed by atoms with E-state index < -0.39 is 32.5 Å². The van der Waals surface area contributed by atoms with E-state index in [0.717, 1.165) is 8.61 Å². The molecule has 0 saturated carbocycles. The maximum absolute atomic E-state index is 13.7. The second-order valence-corrected chi connectivity index (χ2v) is 12.8. The van der Waals surface area contributed by atoms with Crippen molar-refractivity contribution in [3.8, 4) is 11.5 Å². The van der Waals surface area contributed by atoms with Crippen molar-refractivity contribution in [2.45, 2.75) is 16.2 Å². The van der Waals surface area contributed by atoms with Gasteiger partial charge in [0.25, 0.3) is 10.0 Å². The number of rotatable bonds is 9. The predicted octanol–water partition coefficient (Wildman–Crippen LogP) is 2.74. The molecule has 3 aromatic rings. The second-order valence-electron chi connectivity index (χ2n) is 8.74. The fourth-order valence-corrected chi connectivity index (χ4v) is 6.61. The molecule has 1 aliphatic rings. The summed E-state index contributed by atoms with van der Waals surface area (Å²) < 4.78 is 65.3. The summed E-state index contributed by atoms with van der Waals surface area (Å²) in [4.78, 5) is 15.2. The largest absolute Gasteiger partial charge is 0.493 e. The van der Waals surface area contributed by atoms with Crippen molar-refractivity contribution in [3.63, 3.8) is 0 Å². The maximum atomic E-state index is 13.7. The summed E-state index contributed by atoms with van der Waals surface area (Å²) >= 11 is 0. The molecule has 1 heterocycles. The number of ether oxygens (including phenoxy) is 2. The Morgan fingerprint density at radius 1 is 0.842 bits per heavy atom. The standard InChI is InChI=1S/C26H29N3O7S2/c1-27(2)37(31,32)22-11-12-23-19(16-22)14-15-28(23)26(30)18-29(38(33,34)21-8-6-5-7-9-21)20-10-13-24(35-3)25(17-20)36-4/h5-13,16-17H,14-15,18H2,1-4H3. The van der Waals surface area contributed by atoms with Crippen molar-refractivity contribution in [1.82, 2.24) is 4.31 Å².